The molecule has 2 atom stereocenters. The molecule has 4 heterocycles. The van der Waals surface area contributed by atoms with Gasteiger partial charge in [-0.1, -0.05) is 6.42 Å². The van der Waals surface area contributed by atoms with Gasteiger partial charge in [0.15, 0.2) is 5.82 Å². The lowest BCUT2D eigenvalue weighted by Gasteiger charge is -2.37. The molecule has 208 valence electrons. The molecule has 1 N–H and O–H groups in total. The summed E-state index contributed by atoms with van der Waals surface area (Å²) in [5.41, 5.74) is 2.96. The quantitative estimate of drug-likeness (QED) is 0.368. The van der Waals surface area contributed by atoms with E-state index in [1.807, 2.05) is 22.8 Å². The van der Waals surface area contributed by atoms with E-state index in [4.69, 9.17) is 9.40 Å². The van der Waals surface area contributed by atoms with Gasteiger partial charge in [-0.05, 0) is 62.3 Å². The topological polar surface area (TPSA) is 113 Å². The van der Waals surface area contributed by atoms with Crippen LogP contribution in [0, 0.1) is 11.8 Å². The second-order valence-electron chi connectivity index (χ2n) is 10.9. The first-order valence-corrected chi connectivity index (χ1v) is 14.1. The number of amides is 1. The second kappa shape index (κ2) is 11.6. The van der Waals surface area contributed by atoms with Crippen LogP contribution in [0.5, 0.6) is 0 Å². The maximum Gasteiger partial charge on any atom is 0.231 e. The molecule has 40 heavy (non-hydrogen) atoms. The van der Waals surface area contributed by atoms with Crippen LogP contribution in [-0.2, 0) is 11.8 Å². The number of carbonyl (C=O) groups is 1. The number of piperidine rings is 1. The summed E-state index contributed by atoms with van der Waals surface area (Å²) < 4.78 is 7.17. The van der Waals surface area contributed by atoms with E-state index in [9.17, 15) is 9.90 Å². The Labute approximate surface area is 233 Å². The normalized spacial score (nSPS) is 20.4. The van der Waals surface area contributed by atoms with Crippen molar-refractivity contribution in [1.29, 1.82) is 0 Å². The number of anilines is 2. The second-order valence-corrected chi connectivity index (χ2v) is 10.9. The van der Waals surface area contributed by atoms with E-state index in [0.717, 1.165) is 56.1 Å². The van der Waals surface area contributed by atoms with Crippen LogP contribution >= 0.6 is 0 Å². The van der Waals surface area contributed by atoms with Gasteiger partial charge in [0, 0.05) is 49.7 Å². The molecule has 1 aromatic carbocycles. The van der Waals surface area contributed by atoms with E-state index < -0.39 is 6.10 Å². The predicted octanol–water partition coefficient (Wildman–Crippen LogP) is 4.32. The van der Waals surface area contributed by atoms with E-state index in [-0.39, 0.29) is 11.8 Å². The summed E-state index contributed by atoms with van der Waals surface area (Å²) in [5.74, 6) is 1.19. The smallest absolute Gasteiger partial charge is 0.231 e. The maximum atomic E-state index is 13.9. The number of rotatable bonds is 7. The number of aliphatic hydroxyl groups is 1. The van der Waals surface area contributed by atoms with E-state index in [1.165, 1.54) is 12.0 Å². The van der Waals surface area contributed by atoms with E-state index >= 15 is 0 Å². The molecule has 4 aromatic rings. The fourth-order valence-corrected chi connectivity index (χ4v) is 5.94. The lowest BCUT2D eigenvalue weighted by atomic mass is 9.86. The fourth-order valence-electron chi connectivity index (χ4n) is 5.94. The summed E-state index contributed by atoms with van der Waals surface area (Å²) in [6.45, 7) is 2.43. The SMILES string of the molecule is Cn1ncc2cc(N3CCC(CN(C(=O)C4CCCC(O)C4)c4cncc(/C=C/c5ncco5)n4)CC3)ccc21. The molecule has 1 saturated heterocycles. The van der Waals surface area contributed by atoms with E-state index in [0.29, 0.717) is 36.3 Å². The molecule has 0 radical (unpaired) electrons. The Morgan fingerprint density at radius 1 is 1.15 bits per heavy atom. The summed E-state index contributed by atoms with van der Waals surface area (Å²) in [5, 5.41) is 15.8. The van der Waals surface area contributed by atoms with Gasteiger partial charge in [0.05, 0.1) is 42.1 Å². The van der Waals surface area contributed by atoms with Gasteiger partial charge in [-0.3, -0.25) is 19.4 Å². The largest absolute Gasteiger partial charge is 0.445 e. The van der Waals surface area contributed by atoms with Crippen LogP contribution < -0.4 is 9.80 Å². The lowest BCUT2D eigenvalue weighted by Crippen LogP contribution is -2.44. The molecule has 2 unspecified atom stereocenters. The number of fused-ring (bicyclic) bond motifs is 1. The van der Waals surface area contributed by atoms with Gasteiger partial charge >= 0.3 is 0 Å². The average Bonchev–Trinajstić information content (AvgIpc) is 3.64. The highest BCUT2D eigenvalue weighted by molar-refractivity contribution is 5.94. The molecule has 10 heteroatoms. The first-order chi connectivity index (χ1) is 19.5. The van der Waals surface area contributed by atoms with Crippen molar-refractivity contribution in [3.63, 3.8) is 0 Å². The first-order valence-electron chi connectivity index (χ1n) is 14.1. The van der Waals surface area contributed by atoms with Crippen molar-refractivity contribution in [2.45, 2.75) is 44.6 Å². The summed E-state index contributed by atoms with van der Waals surface area (Å²) >= 11 is 0. The van der Waals surface area contributed by atoms with Gasteiger partial charge < -0.3 is 14.4 Å². The predicted molar refractivity (Wildman–Crippen MR) is 153 cm³/mol. The third-order valence-corrected chi connectivity index (χ3v) is 8.18. The van der Waals surface area contributed by atoms with Crippen LogP contribution in [0.4, 0.5) is 11.5 Å². The lowest BCUT2D eigenvalue weighted by molar-refractivity contribution is -0.124. The number of hydrogen-bond acceptors (Lipinski definition) is 8. The highest BCUT2D eigenvalue weighted by Gasteiger charge is 2.33. The van der Waals surface area contributed by atoms with Crippen molar-refractivity contribution in [1.82, 2.24) is 24.7 Å². The molecular formula is C30H35N7O3. The highest BCUT2D eigenvalue weighted by atomic mass is 16.3. The Bertz CT molecular complexity index is 1470. The molecule has 1 saturated carbocycles. The van der Waals surface area contributed by atoms with Gasteiger partial charge in [-0.25, -0.2) is 9.97 Å². The van der Waals surface area contributed by atoms with Crippen molar-refractivity contribution in [2.75, 3.05) is 29.4 Å². The molecule has 3 aromatic heterocycles. The molecule has 0 spiro atoms. The molecule has 2 fully saturated rings. The number of hydrogen-bond donors (Lipinski definition) is 1. The zero-order chi connectivity index (χ0) is 27.5. The minimum absolute atomic E-state index is 0.0336. The molecule has 0 bridgehead atoms. The average molecular weight is 542 g/mol. The maximum absolute atomic E-state index is 13.9. The third kappa shape index (κ3) is 5.77. The van der Waals surface area contributed by atoms with Crippen LogP contribution in [0.3, 0.4) is 0 Å². The molecule has 1 aliphatic heterocycles. The van der Waals surface area contributed by atoms with Crippen LogP contribution in [-0.4, -0.2) is 61.5 Å². The number of oxazole rings is 1. The number of nitrogens with zero attached hydrogens (tertiary/aromatic N) is 7. The number of carbonyl (C=O) groups excluding carboxylic acids is 1. The van der Waals surface area contributed by atoms with Crippen LogP contribution in [0.2, 0.25) is 0 Å². The molecule has 1 amide bonds. The minimum atomic E-state index is -0.425. The first kappa shape index (κ1) is 26.2. The molecule has 1 aliphatic carbocycles. The Kier molecular flexibility index (Phi) is 7.59. The third-order valence-electron chi connectivity index (χ3n) is 8.18. The van der Waals surface area contributed by atoms with Crippen molar-refractivity contribution in [2.24, 2.45) is 18.9 Å². The Balaban J connectivity index is 1.18. The van der Waals surface area contributed by atoms with Crippen LogP contribution in [0.1, 0.15) is 50.1 Å². The molecule has 6 rings (SSSR count). The van der Waals surface area contributed by atoms with Gasteiger partial charge in [-0.2, -0.15) is 5.10 Å². The van der Waals surface area contributed by atoms with Crippen LogP contribution in [0.15, 0.2) is 53.7 Å². The van der Waals surface area contributed by atoms with Gasteiger partial charge in [-0.15, -0.1) is 0 Å². The fraction of sp³-hybridized carbons (Fsp3) is 0.433. The summed E-state index contributed by atoms with van der Waals surface area (Å²) in [6, 6.07) is 6.51. The molecule has 2 aliphatic rings. The van der Waals surface area contributed by atoms with Gasteiger partial charge in [0.25, 0.3) is 0 Å². The van der Waals surface area contributed by atoms with Gasteiger partial charge in [0.2, 0.25) is 11.8 Å². The zero-order valence-electron chi connectivity index (χ0n) is 22.8. The monoisotopic (exact) mass is 541 g/mol. The van der Waals surface area contributed by atoms with Crippen molar-refractivity contribution in [3.05, 3.63) is 60.8 Å². The standard InChI is InChI=1S/C30H35N7O3/c1-35-27-7-6-25(15-23(27)17-33-35)36-12-9-21(10-13-36)20-37(30(39)22-3-2-4-26(38)16-22)28-19-31-18-24(34-28)5-8-29-32-11-14-40-29/h5-8,11,14-15,17-19,21-22,26,38H,2-4,9-10,12-13,16,20H2,1H3/b8-5+. The van der Waals surface area contributed by atoms with E-state index in [2.05, 4.69) is 38.2 Å². The summed E-state index contributed by atoms with van der Waals surface area (Å²) in [6.07, 6.45) is 16.3. The number of aromatic nitrogens is 5. The van der Waals surface area contributed by atoms with E-state index in [1.54, 1.807) is 30.7 Å². The van der Waals surface area contributed by atoms with Crippen molar-refractivity contribution >= 4 is 40.5 Å². The molecular weight excluding hydrogens is 506 g/mol. The van der Waals surface area contributed by atoms with Crippen molar-refractivity contribution in [3.8, 4) is 0 Å². The number of aryl methyl sites for hydroxylation is 1. The van der Waals surface area contributed by atoms with Crippen LogP contribution in [0.25, 0.3) is 23.1 Å². The molecule has 10 nitrogen and oxygen atoms in total. The zero-order valence-corrected chi connectivity index (χ0v) is 22.8. The minimum Gasteiger partial charge on any atom is -0.445 e. The number of aliphatic hydroxyl groups excluding tert-OH is 1. The number of benzene rings is 1. The summed E-state index contributed by atoms with van der Waals surface area (Å²) in [4.78, 5) is 31.4. The Morgan fingerprint density at radius 3 is 2.83 bits per heavy atom. The van der Waals surface area contributed by atoms with Gasteiger partial charge in [0.1, 0.15) is 6.26 Å². The van der Waals surface area contributed by atoms with Crippen molar-refractivity contribution < 1.29 is 14.3 Å². The summed E-state index contributed by atoms with van der Waals surface area (Å²) in [7, 11) is 1.96. The Morgan fingerprint density at radius 2 is 2.02 bits per heavy atom. The Hall–Kier alpha value is -4.05. The highest BCUT2D eigenvalue weighted by Crippen LogP contribution is 2.31.